The lowest BCUT2D eigenvalue weighted by Crippen LogP contribution is -2.36. The number of furan rings is 1. The van der Waals surface area contributed by atoms with Gasteiger partial charge in [0.25, 0.3) is 0 Å². The van der Waals surface area contributed by atoms with Gasteiger partial charge in [0, 0.05) is 19.1 Å². The molecule has 1 saturated carbocycles. The Morgan fingerprint density at radius 3 is 2.58 bits per heavy atom. The monoisotopic (exact) mass is 445 g/mol. The molecule has 0 aromatic carbocycles. The van der Waals surface area contributed by atoms with Crippen LogP contribution < -0.4 is 10.2 Å². The van der Waals surface area contributed by atoms with Crippen LogP contribution in [0.1, 0.15) is 70.5 Å². The molecule has 2 aromatic rings. The summed E-state index contributed by atoms with van der Waals surface area (Å²) in [6, 6.07) is 4.19. The molecule has 1 aliphatic heterocycles. The SMILES string of the molecule is CC1CCN(c2nnc(SCC(=O)NC3CCCCCCC3)n2Cc2ccco2)CC1. The van der Waals surface area contributed by atoms with E-state index in [9.17, 15) is 4.79 Å². The molecular weight excluding hydrogens is 410 g/mol. The van der Waals surface area contributed by atoms with Crippen LogP contribution in [0.25, 0.3) is 0 Å². The minimum absolute atomic E-state index is 0.0940. The number of nitrogens with one attached hydrogen (secondary N) is 1. The lowest BCUT2D eigenvalue weighted by atomic mass is 9.97. The van der Waals surface area contributed by atoms with Crippen molar-refractivity contribution in [1.82, 2.24) is 20.1 Å². The Balaban J connectivity index is 1.40. The molecule has 0 unspecified atom stereocenters. The molecule has 8 heteroatoms. The Hall–Kier alpha value is -1.96. The summed E-state index contributed by atoms with van der Waals surface area (Å²) in [6.07, 6.45) is 12.6. The molecule has 1 aliphatic carbocycles. The standard InChI is InChI=1S/C23H35N5O2S/c1-18-11-13-27(14-12-18)22-25-26-23(28(22)16-20-10-7-15-30-20)31-17-21(29)24-19-8-5-3-2-4-6-9-19/h7,10,15,18-19H,2-6,8-9,11-14,16-17H2,1H3,(H,24,29). The van der Waals surface area contributed by atoms with Gasteiger partial charge in [-0.25, -0.2) is 0 Å². The summed E-state index contributed by atoms with van der Waals surface area (Å²) in [6.45, 7) is 4.86. The Morgan fingerprint density at radius 2 is 1.87 bits per heavy atom. The maximum Gasteiger partial charge on any atom is 0.230 e. The van der Waals surface area contributed by atoms with Crippen molar-refractivity contribution >= 4 is 23.6 Å². The van der Waals surface area contributed by atoms with Gasteiger partial charge in [0.1, 0.15) is 5.76 Å². The predicted octanol–water partition coefficient (Wildman–Crippen LogP) is 4.48. The van der Waals surface area contributed by atoms with Crippen LogP contribution in [0.15, 0.2) is 28.0 Å². The van der Waals surface area contributed by atoms with Gasteiger partial charge < -0.3 is 14.6 Å². The Bertz CT molecular complexity index is 806. The van der Waals surface area contributed by atoms with Gasteiger partial charge in [0.05, 0.1) is 18.6 Å². The lowest BCUT2D eigenvalue weighted by molar-refractivity contribution is -0.119. The molecule has 0 atom stereocenters. The molecule has 0 spiro atoms. The average molecular weight is 446 g/mol. The van der Waals surface area contributed by atoms with Crippen LogP contribution in [0.2, 0.25) is 0 Å². The maximum absolute atomic E-state index is 12.6. The Kier molecular flexibility index (Phi) is 7.94. The smallest absolute Gasteiger partial charge is 0.230 e. The van der Waals surface area contributed by atoms with Crippen LogP contribution in [0.5, 0.6) is 0 Å². The molecule has 1 amide bonds. The Labute approximate surface area is 189 Å². The highest BCUT2D eigenvalue weighted by Crippen LogP contribution is 2.27. The molecule has 170 valence electrons. The number of aromatic nitrogens is 3. The average Bonchev–Trinajstić information content (AvgIpc) is 3.40. The minimum atomic E-state index is 0.0940. The first-order chi connectivity index (χ1) is 15.2. The molecule has 0 radical (unpaired) electrons. The van der Waals surface area contributed by atoms with E-state index in [1.165, 1.54) is 56.7 Å². The number of hydrogen-bond acceptors (Lipinski definition) is 6. The van der Waals surface area contributed by atoms with E-state index < -0.39 is 0 Å². The second-order valence-electron chi connectivity index (χ2n) is 9.02. The van der Waals surface area contributed by atoms with Crippen LogP contribution >= 0.6 is 11.8 Å². The quantitative estimate of drug-likeness (QED) is 0.634. The van der Waals surface area contributed by atoms with Gasteiger partial charge in [-0.15, -0.1) is 10.2 Å². The molecule has 1 N–H and O–H groups in total. The van der Waals surface area contributed by atoms with E-state index in [1.807, 2.05) is 12.1 Å². The number of anilines is 1. The minimum Gasteiger partial charge on any atom is -0.467 e. The van der Waals surface area contributed by atoms with Crippen molar-refractivity contribution in [2.24, 2.45) is 5.92 Å². The van der Waals surface area contributed by atoms with E-state index >= 15 is 0 Å². The van der Waals surface area contributed by atoms with E-state index in [0.717, 1.165) is 48.7 Å². The number of piperidine rings is 1. The first-order valence-corrected chi connectivity index (χ1v) is 12.8. The number of rotatable bonds is 7. The summed E-state index contributed by atoms with van der Waals surface area (Å²) in [5, 5.41) is 13.0. The van der Waals surface area contributed by atoms with Crippen molar-refractivity contribution in [2.45, 2.75) is 82.5 Å². The van der Waals surface area contributed by atoms with Gasteiger partial charge in [-0.1, -0.05) is 50.8 Å². The maximum atomic E-state index is 12.6. The van der Waals surface area contributed by atoms with Crippen molar-refractivity contribution in [1.29, 1.82) is 0 Å². The van der Waals surface area contributed by atoms with Gasteiger partial charge in [0.15, 0.2) is 5.16 Å². The summed E-state index contributed by atoms with van der Waals surface area (Å²) in [7, 11) is 0. The van der Waals surface area contributed by atoms with E-state index in [-0.39, 0.29) is 5.91 Å². The number of nitrogens with zero attached hydrogens (tertiary/aromatic N) is 4. The number of thioether (sulfide) groups is 1. The largest absolute Gasteiger partial charge is 0.467 e. The van der Waals surface area contributed by atoms with E-state index in [2.05, 4.69) is 31.9 Å². The predicted molar refractivity (Wildman–Crippen MR) is 123 cm³/mol. The molecule has 2 aromatic heterocycles. The van der Waals surface area contributed by atoms with Gasteiger partial charge >= 0.3 is 0 Å². The summed E-state index contributed by atoms with van der Waals surface area (Å²) in [5.41, 5.74) is 0. The van der Waals surface area contributed by atoms with Crippen LogP contribution in [-0.4, -0.2) is 45.6 Å². The third-order valence-corrected chi connectivity index (χ3v) is 7.43. The second kappa shape index (κ2) is 11.1. The third-order valence-electron chi connectivity index (χ3n) is 6.46. The van der Waals surface area contributed by atoms with Crippen LogP contribution in [0.3, 0.4) is 0 Å². The van der Waals surface area contributed by atoms with Crippen LogP contribution in [-0.2, 0) is 11.3 Å². The molecule has 2 aliphatic rings. The van der Waals surface area contributed by atoms with E-state index in [0.29, 0.717) is 18.3 Å². The summed E-state index contributed by atoms with van der Waals surface area (Å²) in [5.74, 6) is 2.96. The molecule has 31 heavy (non-hydrogen) atoms. The first kappa shape index (κ1) is 22.2. The molecule has 7 nitrogen and oxygen atoms in total. The molecule has 1 saturated heterocycles. The summed E-state index contributed by atoms with van der Waals surface area (Å²) >= 11 is 1.47. The molecule has 3 heterocycles. The third kappa shape index (κ3) is 6.28. The highest BCUT2D eigenvalue weighted by atomic mass is 32.2. The molecule has 0 bridgehead atoms. The topological polar surface area (TPSA) is 76.2 Å². The second-order valence-corrected chi connectivity index (χ2v) is 9.96. The van der Waals surface area contributed by atoms with Crippen molar-refractivity contribution in [3.8, 4) is 0 Å². The molecule has 2 fully saturated rings. The van der Waals surface area contributed by atoms with Gasteiger partial charge in [-0.05, 0) is 43.7 Å². The normalized spacial score (nSPS) is 19.2. The molecular formula is C23H35N5O2S. The zero-order valence-electron chi connectivity index (χ0n) is 18.6. The molecule has 4 rings (SSSR count). The number of carbonyl (C=O) groups excluding carboxylic acids is 1. The van der Waals surface area contributed by atoms with Crippen molar-refractivity contribution in [2.75, 3.05) is 23.7 Å². The zero-order valence-corrected chi connectivity index (χ0v) is 19.4. The van der Waals surface area contributed by atoms with Gasteiger partial charge in [-0.3, -0.25) is 9.36 Å². The van der Waals surface area contributed by atoms with Crippen LogP contribution in [0, 0.1) is 5.92 Å². The van der Waals surface area contributed by atoms with Crippen molar-refractivity contribution in [3.63, 3.8) is 0 Å². The lowest BCUT2D eigenvalue weighted by Gasteiger charge is -2.31. The van der Waals surface area contributed by atoms with Gasteiger partial charge in [0.2, 0.25) is 11.9 Å². The highest BCUT2D eigenvalue weighted by molar-refractivity contribution is 7.99. The zero-order chi connectivity index (χ0) is 21.5. The fraction of sp³-hybridized carbons (Fsp3) is 0.696. The van der Waals surface area contributed by atoms with Crippen molar-refractivity contribution in [3.05, 3.63) is 24.2 Å². The van der Waals surface area contributed by atoms with Crippen molar-refractivity contribution < 1.29 is 9.21 Å². The summed E-state index contributed by atoms with van der Waals surface area (Å²) < 4.78 is 7.69. The fourth-order valence-corrected chi connectivity index (χ4v) is 5.27. The first-order valence-electron chi connectivity index (χ1n) is 11.8. The van der Waals surface area contributed by atoms with E-state index in [4.69, 9.17) is 4.42 Å². The van der Waals surface area contributed by atoms with Crippen LogP contribution in [0.4, 0.5) is 5.95 Å². The summed E-state index contributed by atoms with van der Waals surface area (Å²) in [4.78, 5) is 15.0. The van der Waals surface area contributed by atoms with E-state index in [1.54, 1.807) is 6.26 Å². The highest BCUT2D eigenvalue weighted by Gasteiger charge is 2.24. The Morgan fingerprint density at radius 1 is 1.13 bits per heavy atom. The fourth-order valence-electron chi connectivity index (χ4n) is 4.53. The number of hydrogen-bond donors (Lipinski definition) is 1. The van der Waals surface area contributed by atoms with Gasteiger partial charge in [-0.2, -0.15) is 0 Å². The number of carbonyl (C=O) groups is 1. The number of amides is 1.